The van der Waals surface area contributed by atoms with Crippen LogP contribution in [0.25, 0.3) is 0 Å². The van der Waals surface area contributed by atoms with Crippen molar-refractivity contribution in [2.45, 2.75) is 37.8 Å². The van der Waals surface area contributed by atoms with Crippen molar-refractivity contribution in [1.29, 1.82) is 0 Å². The summed E-state index contributed by atoms with van der Waals surface area (Å²) in [6.07, 6.45) is 5.05. The van der Waals surface area contributed by atoms with Crippen LogP contribution in [-0.2, 0) is 17.6 Å². The second kappa shape index (κ2) is 6.70. The number of benzene rings is 1. The number of rotatable bonds is 6. The summed E-state index contributed by atoms with van der Waals surface area (Å²) in [5.74, 6) is 0. The second-order valence-electron chi connectivity index (χ2n) is 6.11. The quantitative estimate of drug-likeness (QED) is 0.857. The Kier molecular flexibility index (Phi) is 4.71. The zero-order chi connectivity index (χ0) is 13.8. The Bertz CT molecular complexity index is 410. The van der Waals surface area contributed by atoms with Crippen LogP contribution in [0.1, 0.15) is 24.0 Å². The van der Waals surface area contributed by atoms with Crippen molar-refractivity contribution in [3.05, 3.63) is 35.4 Å². The molecule has 3 heteroatoms. The van der Waals surface area contributed by atoms with Gasteiger partial charge in [0.15, 0.2) is 0 Å². The average Bonchev–Trinajstić information content (AvgIpc) is 3.08. The summed E-state index contributed by atoms with van der Waals surface area (Å²) < 4.78 is 5.21. The molecule has 1 aliphatic carbocycles. The fraction of sp³-hybridized carbons (Fsp3) is 0.647. The molecule has 2 aliphatic rings. The van der Waals surface area contributed by atoms with E-state index in [0.717, 1.165) is 19.7 Å². The summed E-state index contributed by atoms with van der Waals surface area (Å²) in [6, 6.07) is 10.2. The lowest BCUT2D eigenvalue weighted by molar-refractivity contribution is 0.139. The fourth-order valence-corrected chi connectivity index (χ4v) is 3.64. The molecule has 0 amide bonds. The highest BCUT2D eigenvalue weighted by Gasteiger charge is 2.26. The number of methoxy groups -OCH3 is 1. The van der Waals surface area contributed by atoms with Crippen LogP contribution >= 0.6 is 0 Å². The van der Waals surface area contributed by atoms with Crippen LogP contribution in [0, 0.1) is 0 Å². The van der Waals surface area contributed by atoms with Gasteiger partial charge in [-0.2, -0.15) is 0 Å². The minimum absolute atomic E-state index is 0.636. The first-order valence-electron chi connectivity index (χ1n) is 7.90. The van der Waals surface area contributed by atoms with Crippen molar-refractivity contribution < 1.29 is 4.74 Å². The molecule has 0 spiro atoms. The van der Waals surface area contributed by atoms with Gasteiger partial charge < -0.3 is 10.1 Å². The third-order valence-corrected chi connectivity index (χ3v) is 4.77. The zero-order valence-corrected chi connectivity index (χ0v) is 12.5. The number of hydrogen-bond acceptors (Lipinski definition) is 3. The molecular weight excluding hydrogens is 248 g/mol. The standard InChI is InChI=1S/C17H26N2O/c1-20-10-9-19-8-4-7-17(19)13-18-16-11-14-5-2-3-6-15(14)12-16/h2-3,5-6,16-18H,4,7-13H2,1H3. The molecule has 1 aromatic carbocycles. The van der Waals surface area contributed by atoms with Crippen molar-refractivity contribution in [3.8, 4) is 0 Å². The van der Waals surface area contributed by atoms with Crippen LogP contribution in [0.4, 0.5) is 0 Å². The third-order valence-electron chi connectivity index (χ3n) is 4.77. The smallest absolute Gasteiger partial charge is 0.0589 e. The maximum atomic E-state index is 5.21. The molecule has 0 saturated carbocycles. The van der Waals surface area contributed by atoms with E-state index in [9.17, 15) is 0 Å². The Hall–Kier alpha value is -0.900. The van der Waals surface area contributed by atoms with E-state index in [-0.39, 0.29) is 0 Å². The predicted octanol–water partition coefficient (Wildman–Crippen LogP) is 1.85. The number of nitrogens with one attached hydrogen (secondary N) is 1. The first-order valence-corrected chi connectivity index (χ1v) is 7.90. The topological polar surface area (TPSA) is 24.5 Å². The Balaban J connectivity index is 1.46. The van der Waals surface area contributed by atoms with Crippen molar-refractivity contribution in [1.82, 2.24) is 10.2 Å². The van der Waals surface area contributed by atoms with E-state index in [0.29, 0.717) is 12.1 Å². The van der Waals surface area contributed by atoms with Gasteiger partial charge in [0.1, 0.15) is 0 Å². The Morgan fingerprint density at radius 3 is 2.70 bits per heavy atom. The van der Waals surface area contributed by atoms with Crippen molar-refractivity contribution >= 4 is 0 Å². The molecule has 1 saturated heterocycles. The minimum Gasteiger partial charge on any atom is -0.383 e. The fourth-order valence-electron chi connectivity index (χ4n) is 3.64. The maximum Gasteiger partial charge on any atom is 0.0589 e. The molecule has 1 N–H and O–H groups in total. The van der Waals surface area contributed by atoms with Crippen molar-refractivity contribution in [2.75, 3.05) is 33.4 Å². The third kappa shape index (κ3) is 3.22. The predicted molar refractivity (Wildman–Crippen MR) is 82.1 cm³/mol. The van der Waals surface area contributed by atoms with Crippen molar-refractivity contribution in [2.24, 2.45) is 0 Å². The summed E-state index contributed by atoms with van der Waals surface area (Å²) >= 11 is 0. The van der Waals surface area contributed by atoms with Gasteiger partial charge in [-0.15, -0.1) is 0 Å². The van der Waals surface area contributed by atoms with Gasteiger partial charge in [0.25, 0.3) is 0 Å². The molecule has 1 unspecified atom stereocenters. The monoisotopic (exact) mass is 274 g/mol. The van der Waals surface area contributed by atoms with E-state index in [4.69, 9.17) is 4.74 Å². The molecule has 1 fully saturated rings. The van der Waals surface area contributed by atoms with E-state index in [1.54, 1.807) is 7.11 Å². The van der Waals surface area contributed by atoms with Crippen LogP contribution in [0.3, 0.4) is 0 Å². The van der Waals surface area contributed by atoms with Gasteiger partial charge >= 0.3 is 0 Å². The lowest BCUT2D eigenvalue weighted by atomic mass is 10.1. The molecule has 0 radical (unpaired) electrons. The molecule has 3 nitrogen and oxygen atoms in total. The Morgan fingerprint density at radius 2 is 2.00 bits per heavy atom. The lowest BCUT2D eigenvalue weighted by Gasteiger charge is -2.25. The second-order valence-corrected chi connectivity index (χ2v) is 6.11. The highest BCUT2D eigenvalue weighted by molar-refractivity contribution is 5.33. The number of ether oxygens (including phenoxy) is 1. The molecule has 110 valence electrons. The highest BCUT2D eigenvalue weighted by atomic mass is 16.5. The van der Waals surface area contributed by atoms with Gasteiger partial charge in [-0.3, -0.25) is 4.90 Å². The summed E-state index contributed by atoms with van der Waals surface area (Å²) in [6.45, 7) is 4.29. The lowest BCUT2D eigenvalue weighted by Crippen LogP contribution is -2.43. The van der Waals surface area contributed by atoms with E-state index in [1.165, 1.54) is 43.4 Å². The average molecular weight is 274 g/mol. The van der Waals surface area contributed by atoms with Gasteiger partial charge in [-0.05, 0) is 43.4 Å². The molecule has 0 bridgehead atoms. The molecule has 1 aliphatic heterocycles. The number of fused-ring (bicyclic) bond motifs is 1. The summed E-state index contributed by atoms with van der Waals surface area (Å²) in [4.78, 5) is 2.58. The zero-order valence-electron chi connectivity index (χ0n) is 12.5. The van der Waals surface area contributed by atoms with Gasteiger partial charge in [-0.25, -0.2) is 0 Å². The van der Waals surface area contributed by atoms with Crippen LogP contribution in [0.2, 0.25) is 0 Å². The maximum absolute atomic E-state index is 5.21. The van der Waals surface area contributed by atoms with Gasteiger partial charge in [0.2, 0.25) is 0 Å². The summed E-state index contributed by atoms with van der Waals surface area (Å²) in [5, 5.41) is 3.79. The van der Waals surface area contributed by atoms with Crippen LogP contribution in [-0.4, -0.2) is 50.3 Å². The van der Waals surface area contributed by atoms with Crippen LogP contribution < -0.4 is 5.32 Å². The number of hydrogen-bond donors (Lipinski definition) is 1. The number of likely N-dealkylation sites (tertiary alicyclic amines) is 1. The molecule has 1 atom stereocenters. The van der Waals surface area contributed by atoms with E-state index in [2.05, 4.69) is 34.5 Å². The molecule has 20 heavy (non-hydrogen) atoms. The highest BCUT2D eigenvalue weighted by Crippen LogP contribution is 2.22. The molecule has 3 rings (SSSR count). The van der Waals surface area contributed by atoms with Crippen molar-refractivity contribution in [3.63, 3.8) is 0 Å². The van der Waals surface area contributed by atoms with E-state index < -0.39 is 0 Å². The van der Waals surface area contributed by atoms with E-state index in [1.807, 2.05) is 0 Å². The summed E-state index contributed by atoms with van der Waals surface area (Å²) in [5.41, 5.74) is 3.07. The van der Waals surface area contributed by atoms with Gasteiger partial charge in [-0.1, -0.05) is 24.3 Å². The first kappa shape index (κ1) is 14.1. The van der Waals surface area contributed by atoms with Crippen LogP contribution in [0.5, 0.6) is 0 Å². The molecular formula is C17H26N2O. The first-order chi connectivity index (χ1) is 9.86. The largest absolute Gasteiger partial charge is 0.383 e. The van der Waals surface area contributed by atoms with E-state index >= 15 is 0 Å². The Labute approximate surface area is 122 Å². The molecule has 0 aromatic heterocycles. The Morgan fingerprint density at radius 1 is 1.25 bits per heavy atom. The summed E-state index contributed by atoms with van der Waals surface area (Å²) in [7, 11) is 1.79. The number of nitrogens with zero attached hydrogens (tertiary/aromatic N) is 1. The minimum atomic E-state index is 0.636. The molecule has 1 aromatic rings. The van der Waals surface area contributed by atoms with Crippen LogP contribution in [0.15, 0.2) is 24.3 Å². The van der Waals surface area contributed by atoms with Gasteiger partial charge in [0.05, 0.1) is 6.61 Å². The molecule has 1 heterocycles. The van der Waals surface area contributed by atoms with Gasteiger partial charge in [0, 0.05) is 32.3 Å². The SMILES string of the molecule is COCCN1CCCC1CNC1Cc2ccccc2C1. The normalized spacial score (nSPS) is 23.4.